The molecule has 8 N–H and O–H groups in total. The van der Waals surface area contributed by atoms with E-state index in [1.807, 2.05) is 0 Å². The van der Waals surface area contributed by atoms with Gasteiger partial charge in [0.1, 0.15) is 49.3 Å². The second-order valence-electron chi connectivity index (χ2n) is 5.81. The molecular formula is C12H22AlCl3O11. The lowest BCUT2D eigenvalue weighted by atomic mass is 9.99. The van der Waals surface area contributed by atoms with Gasteiger partial charge >= 0.3 is 11.4 Å². The standard InChI is InChI=1S/C12H22O11.Al.3ClH/c13-1-4-6(16)8(18)9(19)11(21-4)23-12(3-15)10(20)7(17)5(2-14)22-12;;;;/h4-11,13-20H,1-3H2;;3*1H/q;+3;;;/p-3/t4-,5-,6-,7-,8+,9-,10+,11-,12+;;;;/m1..../s1. The van der Waals surface area contributed by atoms with Gasteiger partial charge in [0.25, 0.3) is 0 Å². The number of ether oxygens (including phenoxy) is 3. The summed E-state index contributed by atoms with van der Waals surface area (Å²) in [6, 6.07) is 0. The minimum absolute atomic E-state index is 0.669. The average Bonchev–Trinajstić information content (AvgIpc) is 2.86. The Morgan fingerprint density at radius 2 is 1.33 bits per heavy atom. The van der Waals surface area contributed by atoms with Crippen molar-refractivity contribution in [2.45, 2.75) is 54.8 Å². The summed E-state index contributed by atoms with van der Waals surface area (Å²) in [6.45, 7) is -2.32. The molecule has 2 fully saturated rings. The van der Waals surface area contributed by atoms with Crippen LogP contribution in [0.25, 0.3) is 0 Å². The van der Waals surface area contributed by atoms with Crippen LogP contribution in [0.2, 0.25) is 0 Å². The number of rotatable bonds is 5. The average molecular weight is 476 g/mol. The summed E-state index contributed by atoms with van der Waals surface area (Å²) < 4.78 is 15.4. The number of hydrogen-bond donors (Lipinski definition) is 8. The van der Waals surface area contributed by atoms with E-state index in [0.29, 0.717) is 0 Å². The Balaban J connectivity index is 0.000000828. The van der Waals surface area contributed by atoms with E-state index in [0.717, 1.165) is 0 Å². The Hall–Kier alpha value is 0.962. The molecule has 0 radical (unpaired) electrons. The van der Waals surface area contributed by atoms with Crippen LogP contribution in [0.3, 0.4) is 0 Å². The smallest absolute Gasteiger partial charge is 0.394 e. The molecule has 160 valence electrons. The third kappa shape index (κ3) is 6.22. The highest BCUT2D eigenvalue weighted by molar-refractivity contribution is 7.54. The van der Waals surface area contributed by atoms with Gasteiger partial charge in [-0.05, 0) is 0 Å². The molecular weight excluding hydrogens is 453 g/mol. The maximum atomic E-state index is 10.00. The van der Waals surface area contributed by atoms with Gasteiger partial charge in [0.15, 0.2) is 6.29 Å². The van der Waals surface area contributed by atoms with Crippen LogP contribution in [0.4, 0.5) is 0 Å². The molecule has 0 aromatic carbocycles. The van der Waals surface area contributed by atoms with Gasteiger partial charge in [-0.15, -0.1) is 0 Å². The van der Waals surface area contributed by atoms with Crippen LogP contribution in [0.1, 0.15) is 0 Å². The zero-order valence-electron chi connectivity index (χ0n) is 13.8. The van der Waals surface area contributed by atoms with Gasteiger partial charge in [-0.1, -0.05) is 0 Å². The van der Waals surface area contributed by atoms with Crippen LogP contribution in [0.15, 0.2) is 0 Å². The quantitative estimate of drug-likeness (QED) is 0.183. The zero-order chi connectivity index (χ0) is 20.9. The fourth-order valence-corrected chi connectivity index (χ4v) is 2.63. The summed E-state index contributed by atoms with van der Waals surface area (Å²) in [5, 5.41) is 76.7. The topological polar surface area (TPSA) is 190 Å². The van der Waals surface area contributed by atoms with Crippen LogP contribution in [0.5, 0.6) is 0 Å². The molecule has 15 heteroatoms. The van der Waals surface area contributed by atoms with Crippen molar-refractivity contribution in [1.82, 2.24) is 0 Å². The molecule has 9 atom stereocenters. The van der Waals surface area contributed by atoms with Gasteiger partial charge in [0, 0.05) is 0 Å². The lowest BCUT2D eigenvalue weighted by Gasteiger charge is -2.43. The van der Waals surface area contributed by atoms with E-state index in [-0.39, 0.29) is 0 Å². The molecule has 0 amide bonds. The first-order valence-electron chi connectivity index (χ1n) is 7.70. The summed E-state index contributed by atoms with van der Waals surface area (Å²) in [4.78, 5) is 0. The summed E-state index contributed by atoms with van der Waals surface area (Å²) >= 11 is -1.72. The minimum atomic E-state index is -2.22. The van der Waals surface area contributed by atoms with E-state index >= 15 is 0 Å². The predicted molar refractivity (Wildman–Crippen MR) is 92.0 cm³/mol. The molecule has 0 unspecified atom stereocenters. The number of aliphatic hydroxyl groups is 8. The van der Waals surface area contributed by atoms with Gasteiger partial charge in [0.05, 0.1) is 13.2 Å². The SMILES string of the molecule is OC[C@H]1O[C@@](CO)(O[C@H]2O[C@H](CO)[C@@H](O)[C@H](O)[C@H]2O)[C@@H](O)[C@@H]1O.[Cl][Al]([Cl])[Cl]. The summed E-state index contributed by atoms with van der Waals surface area (Å²) in [5.74, 6) is -2.22. The van der Waals surface area contributed by atoms with E-state index < -0.39 is 86.0 Å². The van der Waals surface area contributed by atoms with Crippen LogP contribution < -0.4 is 0 Å². The van der Waals surface area contributed by atoms with E-state index in [4.69, 9.17) is 54.6 Å². The molecule has 0 spiro atoms. The maximum absolute atomic E-state index is 10.00. The van der Waals surface area contributed by atoms with Gasteiger partial charge in [-0.2, -0.15) is 0 Å². The van der Waals surface area contributed by atoms with Crippen molar-refractivity contribution in [3.05, 3.63) is 0 Å². The fourth-order valence-electron chi connectivity index (χ4n) is 2.63. The van der Waals surface area contributed by atoms with Crippen molar-refractivity contribution < 1.29 is 55.1 Å². The first-order chi connectivity index (χ1) is 12.5. The highest BCUT2D eigenvalue weighted by atomic mass is 35.8. The Kier molecular flexibility index (Phi) is 11.0. The van der Waals surface area contributed by atoms with Crippen LogP contribution >= 0.6 is 30.1 Å². The van der Waals surface area contributed by atoms with Crippen molar-refractivity contribution in [3.8, 4) is 0 Å². The van der Waals surface area contributed by atoms with Crippen LogP contribution in [-0.4, -0.2) is 127 Å². The molecule has 0 aromatic heterocycles. The zero-order valence-corrected chi connectivity index (χ0v) is 17.2. The molecule has 2 aliphatic heterocycles. The Bertz CT molecular complexity index is 448. The van der Waals surface area contributed by atoms with Crippen molar-refractivity contribution >= 4 is 41.5 Å². The Morgan fingerprint density at radius 3 is 1.74 bits per heavy atom. The molecule has 27 heavy (non-hydrogen) atoms. The molecule has 0 aromatic rings. The third-order valence-electron chi connectivity index (χ3n) is 4.07. The van der Waals surface area contributed by atoms with E-state index in [1.54, 1.807) is 0 Å². The van der Waals surface area contributed by atoms with E-state index in [1.165, 1.54) is 0 Å². The highest BCUT2D eigenvalue weighted by Gasteiger charge is 2.58. The van der Waals surface area contributed by atoms with Gasteiger partial charge in [0.2, 0.25) is 5.79 Å². The second kappa shape index (κ2) is 11.4. The molecule has 11 nitrogen and oxygen atoms in total. The summed E-state index contributed by atoms with van der Waals surface area (Å²) in [7, 11) is 14.8. The fraction of sp³-hybridized carbons (Fsp3) is 1.00. The highest BCUT2D eigenvalue weighted by Crippen LogP contribution is 2.35. The third-order valence-corrected chi connectivity index (χ3v) is 4.07. The molecule has 0 aliphatic carbocycles. The van der Waals surface area contributed by atoms with Gasteiger partial charge in [-0.3, -0.25) is 0 Å². The molecule has 2 rings (SSSR count). The minimum Gasteiger partial charge on any atom is -0.394 e. The van der Waals surface area contributed by atoms with Crippen molar-refractivity contribution in [1.29, 1.82) is 0 Å². The largest absolute Gasteiger partial charge is 0.643 e. The van der Waals surface area contributed by atoms with E-state index in [9.17, 15) is 30.6 Å². The number of hydrogen-bond acceptors (Lipinski definition) is 11. The lowest BCUT2D eigenvalue weighted by Crippen LogP contribution is -2.62. The number of halogens is 3. The van der Waals surface area contributed by atoms with Crippen LogP contribution in [0, 0.1) is 0 Å². The van der Waals surface area contributed by atoms with Crippen LogP contribution in [-0.2, 0) is 14.2 Å². The Morgan fingerprint density at radius 1 is 0.815 bits per heavy atom. The molecule has 2 heterocycles. The normalized spacial score (nSPS) is 44.6. The van der Waals surface area contributed by atoms with Gasteiger partial charge in [-0.25, -0.2) is 30.1 Å². The predicted octanol–water partition coefficient (Wildman–Crippen LogP) is -3.71. The van der Waals surface area contributed by atoms with Gasteiger partial charge < -0.3 is 55.1 Å². The van der Waals surface area contributed by atoms with Crippen molar-refractivity contribution in [3.63, 3.8) is 0 Å². The van der Waals surface area contributed by atoms with Crippen molar-refractivity contribution in [2.75, 3.05) is 19.8 Å². The first-order valence-corrected chi connectivity index (χ1v) is 12.9. The summed E-state index contributed by atoms with van der Waals surface area (Å²) in [6.07, 6.45) is -12.7. The first kappa shape index (κ1) is 26.0. The lowest BCUT2D eigenvalue weighted by molar-refractivity contribution is -0.383. The monoisotopic (exact) mass is 474 g/mol. The van der Waals surface area contributed by atoms with Crippen molar-refractivity contribution in [2.24, 2.45) is 0 Å². The number of aliphatic hydroxyl groups excluding tert-OH is 8. The second-order valence-corrected chi connectivity index (χ2v) is 12.2. The molecule has 2 saturated heterocycles. The van der Waals surface area contributed by atoms with E-state index in [2.05, 4.69) is 0 Å². The maximum Gasteiger partial charge on any atom is 0.643 e. The Labute approximate surface area is 171 Å². The molecule has 0 saturated carbocycles. The molecule has 2 aliphatic rings. The summed E-state index contributed by atoms with van der Waals surface area (Å²) in [5.41, 5.74) is 0. The molecule has 0 bridgehead atoms.